The van der Waals surface area contributed by atoms with Crippen molar-refractivity contribution in [2.75, 3.05) is 13.2 Å². The molecule has 14 heteroatoms. The molecule has 0 fully saturated rings. The van der Waals surface area contributed by atoms with Gasteiger partial charge in [0.1, 0.15) is 11.1 Å². The van der Waals surface area contributed by atoms with Gasteiger partial charge in [0.15, 0.2) is 11.5 Å². The largest absolute Gasteiger partial charge is 0.462 e. The van der Waals surface area contributed by atoms with Gasteiger partial charge in [-0.2, -0.15) is 0 Å². The van der Waals surface area contributed by atoms with Gasteiger partial charge < -0.3 is 18.9 Å². The Labute approximate surface area is 286 Å². The van der Waals surface area contributed by atoms with E-state index in [0.29, 0.717) is 0 Å². The second-order valence-electron chi connectivity index (χ2n) is 10.5. The van der Waals surface area contributed by atoms with Crippen LogP contribution in [-0.2, 0) is 19.1 Å². The molecule has 0 aliphatic heterocycles. The fraction of sp³-hybridized carbons (Fsp3) is 0.467. The number of hydrogen-bond donors (Lipinski definition) is 0. The minimum atomic E-state index is -1.65. The normalized spacial score (nSPS) is 12.6. The molecule has 2 atom stereocenters. The summed E-state index contributed by atoms with van der Waals surface area (Å²) < 4.78 is 21.1. The van der Waals surface area contributed by atoms with Crippen molar-refractivity contribution in [3.63, 3.8) is 0 Å². The van der Waals surface area contributed by atoms with E-state index < -0.39 is 46.5 Å². The molecule has 0 aliphatic rings. The first-order valence-electron chi connectivity index (χ1n) is 13.7. The van der Waals surface area contributed by atoms with Crippen LogP contribution in [0.15, 0.2) is 12.1 Å². The molecular formula is C30H32Cl6O8. The van der Waals surface area contributed by atoms with E-state index in [9.17, 15) is 19.2 Å². The maximum atomic E-state index is 13.1. The van der Waals surface area contributed by atoms with Gasteiger partial charge in [0, 0.05) is 0 Å². The molecule has 242 valence electrons. The minimum absolute atomic E-state index is 0.0309. The van der Waals surface area contributed by atoms with E-state index in [0.717, 1.165) is 25.0 Å². The van der Waals surface area contributed by atoms with Gasteiger partial charge in [0.2, 0.25) is 0 Å². The van der Waals surface area contributed by atoms with Crippen molar-refractivity contribution in [2.45, 2.75) is 54.4 Å². The molecule has 2 rings (SSSR count). The molecule has 2 aromatic carbocycles. The first-order chi connectivity index (χ1) is 20.5. The van der Waals surface area contributed by atoms with E-state index in [4.69, 9.17) is 88.6 Å². The van der Waals surface area contributed by atoms with Crippen LogP contribution in [0.2, 0.25) is 30.1 Å². The molecule has 0 spiro atoms. The van der Waals surface area contributed by atoms with Crippen molar-refractivity contribution in [1.29, 1.82) is 0 Å². The van der Waals surface area contributed by atoms with E-state index >= 15 is 0 Å². The van der Waals surface area contributed by atoms with Crippen LogP contribution in [0.5, 0.6) is 11.5 Å². The number of hydrogen-bond acceptors (Lipinski definition) is 8. The van der Waals surface area contributed by atoms with Gasteiger partial charge in [-0.3, -0.25) is 0 Å². The highest BCUT2D eigenvalue weighted by Gasteiger charge is 2.32. The third-order valence-electron chi connectivity index (χ3n) is 7.01. The first-order valence-corrected chi connectivity index (χ1v) is 15.9. The number of halogens is 6. The molecule has 0 saturated carbocycles. The lowest BCUT2D eigenvalue weighted by Crippen LogP contribution is -2.28. The highest BCUT2D eigenvalue weighted by molar-refractivity contribution is 6.47. The number of carbonyl (C=O) groups is 4. The quantitative estimate of drug-likeness (QED) is 0.0919. The van der Waals surface area contributed by atoms with Gasteiger partial charge >= 0.3 is 23.9 Å². The lowest BCUT2D eigenvalue weighted by Gasteiger charge is -2.20. The summed E-state index contributed by atoms with van der Waals surface area (Å²) in [4.78, 5) is 51.9. The predicted octanol–water partition coefficient (Wildman–Crippen LogP) is 9.80. The average molecular weight is 733 g/mol. The van der Waals surface area contributed by atoms with Crippen LogP contribution in [0.25, 0.3) is 0 Å². The summed E-state index contributed by atoms with van der Waals surface area (Å²) in [5, 5.41) is -1.55. The Hall–Kier alpha value is -1.94. The smallest absolute Gasteiger partial charge is 0.423 e. The van der Waals surface area contributed by atoms with Gasteiger partial charge in [0.05, 0.1) is 43.3 Å². The maximum Gasteiger partial charge on any atom is 0.423 e. The van der Waals surface area contributed by atoms with E-state index in [1.807, 2.05) is 41.5 Å². The summed E-state index contributed by atoms with van der Waals surface area (Å²) >= 11 is 37.2. The number of esters is 4. The van der Waals surface area contributed by atoms with E-state index in [2.05, 4.69) is 0 Å². The summed E-state index contributed by atoms with van der Waals surface area (Å²) in [7, 11) is 0. The zero-order valence-corrected chi connectivity index (χ0v) is 29.4. The summed E-state index contributed by atoms with van der Waals surface area (Å²) in [5.74, 6) is -5.99. The number of benzene rings is 2. The predicted molar refractivity (Wildman–Crippen MR) is 172 cm³/mol. The Morgan fingerprint density at radius 1 is 0.591 bits per heavy atom. The fourth-order valence-corrected chi connectivity index (χ4v) is 5.50. The molecule has 44 heavy (non-hydrogen) atoms. The van der Waals surface area contributed by atoms with Crippen LogP contribution in [0.4, 0.5) is 0 Å². The molecule has 2 aromatic rings. The molecule has 0 amide bonds. The van der Waals surface area contributed by atoms with Crippen molar-refractivity contribution in [2.24, 2.45) is 23.7 Å². The first kappa shape index (κ1) is 38.2. The highest BCUT2D eigenvalue weighted by Crippen LogP contribution is 2.42. The molecule has 0 heterocycles. The van der Waals surface area contributed by atoms with Gasteiger partial charge in [0.25, 0.3) is 0 Å². The van der Waals surface area contributed by atoms with E-state index in [1.165, 1.54) is 0 Å². The van der Waals surface area contributed by atoms with Crippen molar-refractivity contribution < 1.29 is 38.1 Å². The standard InChI is InChI=1S/C30H32Cl6O8/c1-7-15(13(3)4)11-41-27(37)21-23(35)17(31)9-19(33)25(21)43-29(39)30(40)44-26-20(34)10-18(32)24(36)22(26)28(38)42-12-16(8-2)14(5)6/h9-10,13-16H,7-8,11-12H2,1-6H3. The third-order valence-corrected chi connectivity index (χ3v) is 9.15. The van der Waals surface area contributed by atoms with Gasteiger partial charge in [-0.15, -0.1) is 0 Å². The lowest BCUT2D eigenvalue weighted by atomic mass is 9.94. The summed E-state index contributed by atoms with van der Waals surface area (Å²) in [6.07, 6.45) is 1.46. The van der Waals surface area contributed by atoms with Crippen molar-refractivity contribution >= 4 is 93.5 Å². The Kier molecular flexibility index (Phi) is 14.9. The van der Waals surface area contributed by atoms with Crippen LogP contribution >= 0.6 is 69.6 Å². The molecule has 0 aromatic heterocycles. The summed E-state index contributed by atoms with van der Waals surface area (Å²) in [5.41, 5.74) is -0.951. The zero-order valence-electron chi connectivity index (χ0n) is 24.8. The van der Waals surface area contributed by atoms with Gasteiger partial charge in [-0.1, -0.05) is 111 Å². The monoisotopic (exact) mass is 730 g/mol. The zero-order chi connectivity index (χ0) is 33.5. The van der Waals surface area contributed by atoms with Crippen LogP contribution in [0, 0.1) is 23.7 Å². The average Bonchev–Trinajstić information content (AvgIpc) is 2.94. The van der Waals surface area contributed by atoms with Crippen LogP contribution in [0.3, 0.4) is 0 Å². The summed E-state index contributed by atoms with van der Waals surface area (Å²) in [6, 6.07) is 2.23. The van der Waals surface area contributed by atoms with Crippen LogP contribution < -0.4 is 9.47 Å². The second-order valence-corrected chi connectivity index (χ2v) is 12.9. The molecule has 8 nitrogen and oxygen atoms in total. The van der Waals surface area contributed by atoms with Gasteiger partial charge in [-0.25, -0.2) is 19.2 Å². The molecule has 0 N–H and O–H groups in total. The Morgan fingerprint density at radius 3 is 1.18 bits per heavy atom. The Balaban J connectivity index is 2.39. The van der Waals surface area contributed by atoms with Crippen molar-refractivity contribution in [3.05, 3.63) is 53.4 Å². The lowest BCUT2D eigenvalue weighted by molar-refractivity contribution is -0.156. The molecule has 0 saturated heterocycles. The minimum Gasteiger partial charge on any atom is -0.462 e. The second kappa shape index (κ2) is 17.1. The Morgan fingerprint density at radius 2 is 0.909 bits per heavy atom. The summed E-state index contributed by atoms with van der Waals surface area (Å²) in [6.45, 7) is 11.9. The van der Waals surface area contributed by atoms with Crippen LogP contribution in [0.1, 0.15) is 75.1 Å². The van der Waals surface area contributed by atoms with Crippen molar-refractivity contribution in [1.82, 2.24) is 0 Å². The maximum absolute atomic E-state index is 13.1. The number of rotatable bonds is 12. The van der Waals surface area contributed by atoms with Crippen molar-refractivity contribution in [3.8, 4) is 11.5 Å². The molecule has 0 aliphatic carbocycles. The number of ether oxygens (including phenoxy) is 4. The highest BCUT2D eigenvalue weighted by atomic mass is 35.5. The van der Waals surface area contributed by atoms with Gasteiger partial charge in [-0.05, 0) is 48.6 Å². The number of carbonyl (C=O) groups excluding carboxylic acids is 4. The Bertz CT molecular complexity index is 1300. The van der Waals surface area contributed by atoms with E-state index in [-0.39, 0.29) is 67.0 Å². The molecular weight excluding hydrogens is 701 g/mol. The van der Waals surface area contributed by atoms with Crippen LogP contribution in [-0.4, -0.2) is 37.1 Å². The third kappa shape index (κ3) is 9.54. The molecule has 2 unspecified atom stereocenters. The van der Waals surface area contributed by atoms with E-state index in [1.54, 1.807) is 0 Å². The molecule has 0 radical (unpaired) electrons. The SMILES string of the molecule is CCC(COC(=O)c1c(Cl)c(Cl)cc(Cl)c1OC(=O)C(=O)Oc1c(Cl)cc(Cl)c(Cl)c1C(=O)OCC(CC)C(C)C)C(C)C. The topological polar surface area (TPSA) is 105 Å². The molecule has 0 bridgehead atoms. The fourth-order valence-electron chi connectivity index (χ4n) is 4.06.